The van der Waals surface area contributed by atoms with Gasteiger partial charge in [0.25, 0.3) is 5.91 Å². The zero-order valence-corrected chi connectivity index (χ0v) is 26.6. The van der Waals surface area contributed by atoms with Crippen molar-refractivity contribution in [1.82, 2.24) is 4.90 Å². The van der Waals surface area contributed by atoms with Crippen molar-refractivity contribution in [3.05, 3.63) is 119 Å². The van der Waals surface area contributed by atoms with Crippen LogP contribution in [0.25, 0.3) is 0 Å². The molecular formula is C36H34ClN3O4S. The number of nitrogens with zero attached hydrogens (tertiary/aromatic N) is 3. The second-order valence-electron chi connectivity index (χ2n) is 12.3. The molecule has 1 N–H and O–H groups in total. The predicted octanol–water partition coefficient (Wildman–Crippen LogP) is 5.58. The Hall–Kier alpha value is -3.85. The van der Waals surface area contributed by atoms with E-state index in [2.05, 4.69) is 0 Å². The van der Waals surface area contributed by atoms with Crippen molar-refractivity contribution in [3.63, 3.8) is 0 Å². The van der Waals surface area contributed by atoms with E-state index in [1.54, 1.807) is 20.8 Å². The Morgan fingerprint density at radius 2 is 1.51 bits per heavy atom. The van der Waals surface area contributed by atoms with Gasteiger partial charge in [-0.25, -0.2) is 0 Å². The number of aliphatic hydroxyl groups is 1. The van der Waals surface area contributed by atoms with Crippen LogP contribution in [0.1, 0.15) is 24.1 Å². The number of anilines is 2. The van der Waals surface area contributed by atoms with Crippen LogP contribution in [0.4, 0.5) is 11.4 Å². The van der Waals surface area contributed by atoms with Crippen LogP contribution in [0.15, 0.2) is 103 Å². The number of likely N-dealkylation sites (tertiary alicyclic amines) is 1. The van der Waals surface area contributed by atoms with E-state index in [-0.39, 0.29) is 30.9 Å². The van der Waals surface area contributed by atoms with Gasteiger partial charge in [0, 0.05) is 23.5 Å². The van der Waals surface area contributed by atoms with Crippen molar-refractivity contribution < 1.29 is 19.5 Å². The van der Waals surface area contributed by atoms with Gasteiger partial charge in [0.05, 0.1) is 39.9 Å². The fourth-order valence-electron chi connectivity index (χ4n) is 7.83. The van der Waals surface area contributed by atoms with Crippen LogP contribution >= 0.6 is 23.4 Å². The number of amides is 3. The number of hydrogen-bond acceptors (Lipinski definition) is 5. The Balaban J connectivity index is 1.42. The van der Waals surface area contributed by atoms with Crippen molar-refractivity contribution in [2.24, 2.45) is 11.8 Å². The molecule has 0 radical (unpaired) electrons. The van der Waals surface area contributed by atoms with Crippen LogP contribution < -0.4 is 9.80 Å². The minimum atomic E-state index is -1.07. The lowest BCUT2D eigenvalue weighted by Gasteiger charge is -2.40. The number of thioether (sulfide) groups is 1. The fraction of sp³-hybridized carbons (Fsp3) is 0.306. The zero-order valence-electron chi connectivity index (χ0n) is 25.0. The third kappa shape index (κ3) is 4.48. The summed E-state index contributed by atoms with van der Waals surface area (Å²) < 4.78 is -1.83. The molecule has 6 atom stereocenters. The van der Waals surface area contributed by atoms with Crippen LogP contribution in [0.5, 0.6) is 0 Å². The molecule has 2 saturated heterocycles. The van der Waals surface area contributed by atoms with Gasteiger partial charge >= 0.3 is 0 Å². The lowest BCUT2D eigenvalue weighted by atomic mass is 9.74. The van der Waals surface area contributed by atoms with E-state index in [1.807, 2.05) is 111 Å². The molecule has 9 heteroatoms. The molecule has 0 bridgehead atoms. The first-order valence-electron chi connectivity index (χ1n) is 15.2. The second-order valence-corrected chi connectivity index (χ2v) is 14.5. The van der Waals surface area contributed by atoms with Crippen molar-refractivity contribution >= 4 is 52.5 Å². The SMILES string of the molecule is Cc1cccc(Cl)c1N1CC=C[C@]23S[C@]4(C)C=CCN(c5ccccc5)C(=O)[C@@H]4[C@H]2C(=O)N([C@H](CO)c2ccccc2)C3C1=O. The molecule has 3 aromatic rings. The average Bonchev–Trinajstić information content (AvgIpc) is 3.31. The molecule has 4 aliphatic heterocycles. The molecular weight excluding hydrogens is 606 g/mol. The molecule has 4 aliphatic rings. The maximum atomic E-state index is 15.0. The van der Waals surface area contributed by atoms with Crippen molar-refractivity contribution in [2.45, 2.75) is 35.4 Å². The molecule has 3 aromatic carbocycles. The second kappa shape index (κ2) is 11.2. The number of fused-ring (bicyclic) bond motifs is 2. The first-order valence-corrected chi connectivity index (χ1v) is 16.4. The quantitative estimate of drug-likeness (QED) is 0.369. The monoisotopic (exact) mass is 639 g/mol. The molecule has 3 amide bonds. The van der Waals surface area contributed by atoms with Crippen molar-refractivity contribution in [3.8, 4) is 0 Å². The summed E-state index contributed by atoms with van der Waals surface area (Å²) in [7, 11) is 0. The van der Waals surface area contributed by atoms with E-state index in [9.17, 15) is 9.90 Å². The first-order chi connectivity index (χ1) is 21.7. The van der Waals surface area contributed by atoms with Crippen LogP contribution in [0.3, 0.4) is 0 Å². The fourth-order valence-corrected chi connectivity index (χ4v) is 10.3. The topological polar surface area (TPSA) is 81.2 Å². The Morgan fingerprint density at radius 1 is 0.844 bits per heavy atom. The Bertz CT molecular complexity index is 1710. The summed E-state index contributed by atoms with van der Waals surface area (Å²) in [6.45, 7) is 4.17. The van der Waals surface area contributed by atoms with Gasteiger partial charge in [0.2, 0.25) is 11.8 Å². The zero-order chi connectivity index (χ0) is 31.5. The van der Waals surface area contributed by atoms with Crippen molar-refractivity contribution in [1.29, 1.82) is 0 Å². The Kier molecular flexibility index (Phi) is 7.42. The van der Waals surface area contributed by atoms with Gasteiger partial charge < -0.3 is 19.8 Å². The molecule has 0 saturated carbocycles. The number of para-hydroxylation sites is 2. The number of aliphatic hydroxyl groups excluding tert-OH is 1. The van der Waals surface area contributed by atoms with Gasteiger partial charge in [0.15, 0.2) is 0 Å². The van der Waals surface area contributed by atoms with Gasteiger partial charge in [-0.1, -0.05) is 96.6 Å². The molecule has 1 spiro atoms. The molecule has 1 unspecified atom stereocenters. The summed E-state index contributed by atoms with van der Waals surface area (Å²) in [6, 6.07) is 22.5. The molecule has 2 fully saturated rings. The number of carbonyl (C=O) groups is 3. The van der Waals surface area contributed by atoms with Gasteiger partial charge in [-0.05, 0) is 43.2 Å². The van der Waals surface area contributed by atoms with E-state index in [0.717, 1.165) is 16.8 Å². The van der Waals surface area contributed by atoms with Crippen LogP contribution in [-0.2, 0) is 14.4 Å². The highest BCUT2D eigenvalue weighted by Gasteiger charge is 2.74. The third-order valence-corrected chi connectivity index (χ3v) is 11.8. The van der Waals surface area contributed by atoms with Gasteiger partial charge in [-0.15, -0.1) is 11.8 Å². The smallest absolute Gasteiger partial charge is 0.251 e. The van der Waals surface area contributed by atoms with Gasteiger partial charge in [-0.3, -0.25) is 14.4 Å². The highest BCUT2D eigenvalue weighted by molar-refractivity contribution is 8.02. The number of halogens is 1. The van der Waals surface area contributed by atoms with Gasteiger partial charge in [0.1, 0.15) is 6.04 Å². The molecule has 0 aromatic heterocycles. The summed E-state index contributed by atoms with van der Waals surface area (Å²) in [5.41, 5.74) is 2.90. The minimum Gasteiger partial charge on any atom is -0.394 e. The number of carbonyl (C=O) groups excluding carboxylic acids is 3. The number of rotatable bonds is 5. The maximum Gasteiger partial charge on any atom is 0.251 e. The van der Waals surface area contributed by atoms with Crippen LogP contribution in [-0.4, -0.2) is 63.0 Å². The molecule has 0 aliphatic carbocycles. The van der Waals surface area contributed by atoms with E-state index < -0.39 is 33.4 Å². The molecule has 230 valence electrons. The molecule has 7 nitrogen and oxygen atoms in total. The van der Waals surface area contributed by atoms with Gasteiger partial charge in [-0.2, -0.15) is 0 Å². The lowest BCUT2D eigenvalue weighted by Crippen LogP contribution is -2.54. The van der Waals surface area contributed by atoms with E-state index in [1.165, 1.54) is 11.8 Å². The highest BCUT2D eigenvalue weighted by Crippen LogP contribution is 2.66. The largest absolute Gasteiger partial charge is 0.394 e. The summed E-state index contributed by atoms with van der Waals surface area (Å²) in [4.78, 5) is 49.7. The number of hydrogen-bond donors (Lipinski definition) is 1. The Labute approximate surface area is 272 Å². The van der Waals surface area contributed by atoms with Crippen LogP contribution in [0, 0.1) is 18.8 Å². The number of aryl methyl sites for hydroxylation is 1. The summed E-state index contributed by atoms with van der Waals surface area (Å²) in [5.74, 6) is -2.34. The van der Waals surface area contributed by atoms with Crippen LogP contribution in [0.2, 0.25) is 5.02 Å². The standard InChI is InChI=1S/C36H34ClN3O4S/c1-23-12-9-17-26(37)30(23)39-21-11-19-36-29(33(43)40(31(36)34(39)44)27(22-41)24-13-5-3-6-14-24)28-32(42)38(25-15-7-4-8-16-25)20-10-18-35(28,2)45-36/h3-19,27-29,31,41H,20-22H2,1-2H3/t27-,28+,29+,31?,35-,36+/m1/s1. The molecule has 45 heavy (non-hydrogen) atoms. The van der Waals surface area contributed by atoms with Crippen molar-refractivity contribution in [2.75, 3.05) is 29.5 Å². The predicted molar refractivity (Wildman–Crippen MR) is 178 cm³/mol. The summed E-state index contributed by atoms with van der Waals surface area (Å²) in [5, 5.41) is 11.3. The summed E-state index contributed by atoms with van der Waals surface area (Å²) in [6.07, 6.45) is 7.97. The summed E-state index contributed by atoms with van der Waals surface area (Å²) >= 11 is 8.24. The Morgan fingerprint density at radius 3 is 2.20 bits per heavy atom. The average molecular weight is 640 g/mol. The third-order valence-electron chi connectivity index (χ3n) is 9.71. The molecule has 7 rings (SSSR count). The highest BCUT2D eigenvalue weighted by atomic mass is 35.5. The molecule has 4 heterocycles. The maximum absolute atomic E-state index is 15.0. The lowest BCUT2D eigenvalue weighted by molar-refractivity contribution is -0.142. The normalized spacial score (nSPS) is 29.7. The van der Waals surface area contributed by atoms with E-state index in [4.69, 9.17) is 11.6 Å². The first kappa shape index (κ1) is 29.8. The minimum absolute atomic E-state index is 0.152. The number of benzene rings is 3. The van der Waals surface area contributed by atoms with E-state index >= 15 is 9.59 Å². The van der Waals surface area contributed by atoms with E-state index in [0.29, 0.717) is 17.3 Å².